The van der Waals surface area contributed by atoms with Gasteiger partial charge in [0.05, 0.1) is 30.4 Å². The predicted octanol–water partition coefficient (Wildman–Crippen LogP) is 5.22. The van der Waals surface area contributed by atoms with Gasteiger partial charge < -0.3 is 14.4 Å². The second-order valence-corrected chi connectivity index (χ2v) is 9.19. The number of halogens is 5. The number of alkyl halides is 3. The van der Waals surface area contributed by atoms with E-state index < -0.39 is 23.8 Å². The fourth-order valence-corrected chi connectivity index (χ4v) is 4.41. The van der Waals surface area contributed by atoms with Gasteiger partial charge in [0.1, 0.15) is 28.4 Å². The van der Waals surface area contributed by atoms with Crippen molar-refractivity contribution in [1.82, 2.24) is 24.6 Å². The first-order chi connectivity index (χ1) is 16.7. The average Bonchev–Trinajstić information content (AvgIpc) is 3.51. The standard InChI is InChI=1S/C21H14ClF4N5O3S/c22-15-8-27-16(35-15)10-34-19-11(9-30-5-6-33-20(30)32)7-14-17(21(24,25)26)29-31(18(14)28-19)13-3-1-12(23)2-4-13/h1-4,7-8H,5-6,9-10H2. The lowest BCUT2D eigenvalue weighted by Gasteiger charge is -2.16. The third-order valence-electron chi connectivity index (χ3n) is 5.10. The molecule has 1 saturated heterocycles. The number of carbonyl (C=O) groups is 1. The molecule has 5 rings (SSSR count). The van der Waals surface area contributed by atoms with Crippen molar-refractivity contribution in [3.05, 3.63) is 62.9 Å². The van der Waals surface area contributed by atoms with Gasteiger partial charge in [0.2, 0.25) is 5.88 Å². The van der Waals surface area contributed by atoms with Crippen molar-refractivity contribution in [2.45, 2.75) is 19.3 Å². The van der Waals surface area contributed by atoms with Crippen LogP contribution < -0.4 is 4.74 Å². The van der Waals surface area contributed by atoms with Crippen LogP contribution in [0.5, 0.6) is 5.88 Å². The molecule has 4 heterocycles. The van der Waals surface area contributed by atoms with E-state index >= 15 is 0 Å². The van der Waals surface area contributed by atoms with Gasteiger partial charge in [0, 0.05) is 5.56 Å². The Morgan fingerprint density at radius 3 is 2.63 bits per heavy atom. The number of nitrogens with zero attached hydrogens (tertiary/aromatic N) is 5. The van der Waals surface area contributed by atoms with E-state index in [4.69, 9.17) is 21.1 Å². The molecule has 3 aromatic heterocycles. The van der Waals surface area contributed by atoms with Gasteiger partial charge in [-0.3, -0.25) is 0 Å². The van der Waals surface area contributed by atoms with Crippen molar-refractivity contribution in [3.63, 3.8) is 0 Å². The zero-order chi connectivity index (χ0) is 24.7. The lowest BCUT2D eigenvalue weighted by Crippen LogP contribution is -2.24. The lowest BCUT2D eigenvalue weighted by molar-refractivity contribution is -0.140. The molecule has 0 bridgehead atoms. The van der Waals surface area contributed by atoms with Gasteiger partial charge in [0.25, 0.3) is 0 Å². The minimum absolute atomic E-state index is 0.0134. The first-order valence-corrected chi connectivity index (χ1v) is 11.3. The molecule has 8 nitrogen and oxygen atoms in total. The molecular formula is C21H14ClF4N5O3S. The largest absolute Gasteiger partial charge is 0.470 e. The zero-order valence-electron chi connectivity index (χ0n) is 17.6. The van der Waals surface area contributed by atoms with Crippen LogP contribution in [0, 0.1) is 5.82 Å². The van der Waals surface area contributed by atoms with Gasteiger partial charge in [-0.2, -0.15) is 23.3 Å². The highest BCUT2D eigenvalue weighted by Gasteiger charge is 2.38. The Balaban J connectivity index is 1.64. The maximum absolute atomic E-state index is 13.9. The van der Waals surface area contributed by atoms with Crippen molar-refractivity contribution < 1.29 is 31.8 Å². The molecule has 35 heavy (non-hydrogen) atoms. The predicted molar refractivity (Wildman–Crippen MR) is 117 cm³/mol. The van der Waals surface area contributed by atoms with Crippen molar-refractivity contribution >= 4 is 40.1 Å². The van der Waals surface area contributed by atoms with Gasteiger partial charge in [-0.15, -0.1) is 11.3 Å². The minimum atomic E-state index is -4.80. The SMILES string of the molecule is O=C1OCCN1Cc1cc2c(C(F)(F)F)nn(-c3ccc(F)cc3)c2nc1OCc1ncc(Cl)s1. The van der Waals surface area contributed by atoms with Gasteiger partial charge >= 0.3 is 12.3 Å². The summed E-state index contributed by atoms with van der Waals surface area (Å²) in [6, 6.07) is 6.03. The number of aromatic nitrogens is 4. The minimum Gasteiger partial charge on any atom is -0.470 e. The van der Waals surface area contributed by atoms with Crippen molar-refractivity contribution in [3.8, 4) is 11.6 Å². The summed E-state index contributed by atoms with van der Waals surface area (Å²) < 4.78 is 67.2. The molecule has 0 aliphatic carbocycles. The summed E-state index contributed by atoms with van der Waals surface area (Å²) in [4.78, 5) is 21.7. The number of ether oxygens (including phenoxy) is 2. The molecule has 0 spiro atoms. The summed E-state index contributed by atoms with van der Waals surface area (Å²) in [5.74, 6) is -0.569. The first-order valence-electron chi connectivity index (χ1n) is 10.1. The van der Waals surface area contributed by atoms with Crippen LogP contribution in [-0.4, -0.2) is 43.9 Å². The summed E-state index contributed by atoms with van der Waals surface area (Å²) >= 11 is 7.08. The van der Waals surface area contributed by atoms with Gasteiger partial charge in [0.15, 0.2) is 11.3 Å². The van der Waals surface area contributed by atoms with Crippen LogP contribution in [0.2, 0.25) is 4.34 Å². The van der Waals surface area contributed by atoms with Gasteiger partial charge in [-0.25, -0.2) is 18.9 Å². The lowest BCUT2D eigenvalue weighted by atomic mass is 10.1. The number of pyridine rings is 1. The Morgan fingerprint density at radius 1 is 1.23 bits per heavy atom. The molecule has 182 valence electrons. The Labute approximate surface area is 203 Å². The van der Waals surface area contributed by atoms with E-state index in [1.54, 1.807) is 0 Å². The summed E-state index contributed by atoms with van der Waals surface area (Å²) in [6.45, 7) is 0.289. The highest BCUT2D eigenvalue weighted by molar-refractivity contribution is 7.15. The normalized spacial score (nSPS) is 14.1. The van der Waals surface area contributed by atoms with E-state index in [1.165, 1.54) is 40.6 Å². The van der Waals surface area contributed by atoms with E-state index in [0.29, 0.717) is 9.34 Å². The van der Waals surface area contributed by atoms with Crippen LogP contribution in [0.3, 0.4) is 0 Å². The molecular weight excluding hydrogens is 514 g/mol. The number of carbonyl (C=O) groups excluding carboxylic acids is 1. The number of amides is 1. The Hall–Kier alpha value is -3.45. The zero-order valence-corrected chi connectivity index (χ0v) is 19.1. The van der Waals surface area contributed by atoms with Crippen LogP contribution in [0.25, 0.3) is 16.7 Å². The van der Waals surface area contributed by atoms with E-state index in [1.807, 2.05) is 0 Å². The number of fused-ring (bicyclic) bond motifs is 1. The highest BCUT2D eigenvalue weighted by atomic mass is 35.5. The highest BCUT2D eigenvalue weighted by Crippen LogP contribution is 2.37. The third-order valence-corrected chi connectivity index (χ3v) is 6.19. The molecule has 4 aromatic rings. The molecule has 1 aliphatic rings. The monoisotopic (exact) mass is 527 g/mol. The van der Waals surface area contributed by atoms with E-state index in [9.17, 15) is 22.4 Å². The molecule has 0 saturated carbocycles. The van der Waals surface area contributed by atoms with E-state index in [2.05, 4.69) is 15.1 Å². The van der Waals surface area contributed by atoms with Crippen molar-refractivity contribution in [2.75, 3.05) is 13.2 Å². The topological polar surface area (TPSA) is 82.4 Å². The second kappa shape index (κ2) is 8.96. The Bertz CT molecular complexity index is 1410. The summed E-state index contributed by atoms with van der Waals surface area (Å²) in [6.07, 6.45) is -3.95. The molecule has 1 fully saturated rings. The number of cyclic esters (lactones) is 1. The van der Waals surface area contributed by atoms with Crippen LogP contribution in [0.15, 0.2) is 36.5 Å². The fraction of sp³-hybridized carbons (Fsp3) is 0.238. The Kier molecular flexibility index (Phi) is 5.97. The first kappa shape index (κ1) is 23.3. The molecule has 0 N–H and O–H groups in total. The van der Waals surface area contributed by atoms with E-state index in [-0.39, 0.29) is 54.5 Å². The maximum atomic E-state index is 13.9. The van der Waals surface area contributed by atoms with E-state index in [0.717, 1.165) is 16.8 Å². The summed E-state index contributed by atoms with van der Waals surface area (Å²) in [7, 11) is 0. The molecule has 1 aliphatic heterocycles. The fourth-order valence-electron chi connectivity index (χ4n) is 3.54. The van der Waals surface area contributed by atoms with Crippen molar-refractivity contribution in [2.24, 2.45) is 0 Å². The third kappa shape index (κ3) is 4.73. The molecule has 0 radical (unpaired) electrons. The average molecular weight is 528 g/mol. The quantitative estimate of drug-likeness (QED) is 0.320. The molecule has 14 heteroatoms. The Morgan fingerprint density at radius 2 is 2.00 bits per heavy atom. The number of rotatable bonds is 6. The molecule has 1 amide bonds. The number of thiazole rings is 1. The number of benzene rings is 1. The second-order valence-electron chi connectivity index (χ2n) is 7.44. The van der Waals surface area contributed by atoms with Crippen LogP contribution in [0.1, 0.15) is 16.3 Å². The molecule has 0 atom stereocenters. The number of hydrogen-bond acceptors (Lipinski definition) is 7. The number of hydrogen-bond donors (Lipinski definition) is 0. The molecule has 1 aromatic carbocycles. The summed E-state index contributed by atoms with van der Waals surface area (Å²) in [5.41, 5.74) is -0.923. The van der Waals surface area contributed by atoms with Crippen molar-refractivity contribution in [1.29, 1.82) is 0 Å². The van der Waals surface area contributed by atoms with Crippen LogP contribution in [0.4, 0.5) is 22.4 Å². The van der Waals surface area contributed by atoms with Crippen LogP contribution >= 0.6 is 22.9 Å². The van der Waals surface area contributed by atoms with Gasteiger partial charge in [-0.1, -0.05) is 11.6 Å². The maximum Gasteiger partial charge on any atom is 0.435 e. The van der Waals surface area contributed by atoms with Crippen LogP contribution in [-0.2, 0) is 24.1 Å². The smallest absolute Gasteiger partial charge is 0.435 e. The van der Waals surface area contributed by atoms with Gasteiger partial charge in [-0.05, 0) is 30.3 Å². The summed E-state index contributed by atoms with van der Waals surface area (Å²) in [5, 5.41) is 3.95. The molecule has 0 unspecified atom stereocenters.